The summed E-state index contributed by atoms with van der Waals surface area (Å²) in [5.41, 5.74) is 3.00. The summed E-state index contributed by atoms with van der Waals surface area (Å²) in [6.07, 6.45) is 1.54. The first-order chi connectivity index (χ1) is 17.4. The van der Waals surface area contributed by atoms with Crippen molar-refractivity contribution in [3.63, 3.8) is 0 Å². The number of amides is 2. The maximum Gasteiger partial charge on any atom is 0.271 e. The van der Waals surface area contributed by atoms with Crippen LogP contribution in [0.15, 0.2) is 85.1 Å². The van der Waals surface area contributed by atoms with Gasteiger partial charge in [-0.3, -0.25) is 19.0 Å². The first-order valence-corrected chi connectivity index (χ1v) is 11.6. The summed E-state index contributed by atoms with van der Waals surface area (Å²) >= 11 is 0. The molecule has 7 nitrogen and oxygen atoms in total. The van der Waals surface area contributed by atoms with E-state index >= 15 is 0 Å². The molecule has 36 heavy (non-hydrogen) atoms. The zero-order valence-electron chi connectivity index (χ0n) is 19.7. The molecule has 0 saturated carbocycles. The molecular weight excluding hydrogens is 452 g/mol. The van der Waals surface area contributed by atoms with Crippen LogP contribution in [0.5, 0.6) is 0 Å². The van der Waals surface area contributed by atoms with Gasteiger partial charge in [-0.05, 0) is 36.2 Å². The molecule has 1 unspecified atom stereocenters. The lowest BCUT2D eigenvalue weighted by molar-refractivity contribution is -0.120. The summed E-state index contributed by atoms with van der Waals surface area (Å²) in [7, 11) is 0. The molecule has 0 bridgehead atoms. The number of hydrogen-bond donors (Lipinski definition) is 2. The Hall–Kier alpha value is -4.78. The van der Waals surface area contributed by atoms with Gasteiger partial charge in [-0.1, -0.05) is 60.7 Å². The van der Waals surface area contributed by atoms with Crippen LogP contribution in [0.2, 0.25) is 0 Å². The fraction of sp³-hybridized carbons (Fsp3) is 0.103. The van der Waals surface area contributed by atoms with E-state index in [2.05, 4.69) is 15.6 Å². The summed E-state index contributed by atoms with van der Waals surface area (Å²) in [4.78, 5) is 44.1. The van der Waals surface area contributed by atoms with Crippen LogP contribution >= 0.6 is 0 Å². The zero-order valence-corrected chi connectivity index (χ0v) is 19.7. The molecular formula is C29H22N4O3. The predicted molar refractivity (Wildman–Crippen MR) is 138 cm³/mol. The van der Waals surface area contributed by atoms with Gasteiger partial charge >= 0.3 is 0 Å². The third kappa shape index (κ3) is 2.99. The normalized spacial score (nSPS) is 16.7. The van der Waals surface area contributed by atoms with Crippen molar-refractivity contribution in [2.75, 3.05) is 5.32 Å². The second-order valence-corrected chi connectivity index (χ2v) is 8.98. The molecule has 0 aliphatic carbocycles. The Kier molecular flexibility index (Phi) is 4.76. The average Bonchev–Trinajstić information content (AvgIpc) is 3.36. The summed E-state index contributed by atoms with van der Waals surface area (Å²) in [6.45, 7) is 3.41. The molecule has 5 aromatic rings. The molecule has 3 heterocycles. The van der Waals surface area contributed by atoms with Gasteiger partial charge < -0.3 is 10.6 Å². The molecule has 2 N–H and O–H groups in total. The highest BCUT2D eigenvalue weighted by molar-refractivity contribution is 6.15. The Morgan fingerprint density at radius 3 is 2.36 bits per heavy atom. The van der Waals surface area contributed by atoms with E-state index in [1.807, 2.05) is 79.7 Å². The van der Waals surface area contributed by atoms with Crippen LogP contribution in [-0.4, -0.2) is 27.3 Å². The third-order valence-electron chi connectivity index (χ3n) is 6.88. The molecule has 1 aliphatic rings. The molecule has 2 amide bonds. The third-order valence-corrected chi connectivity index (χ3v) is 6.88. The lowest BCUT2D eigenvalue weighted by Gasteiger charge is -2.30. The van der Waals surface area contributed by atoms with Gasteiger partial charge in [-0.25, -0.2) is 4.98 Å². The molecule has 0 spiro atoms. The highest BCUT2D eigenvalue weighted by Crippen LogP contribution is 2.42. The number of aromatic nitrogens is 2. The van der Waals surface area contributed by atoms with Gasteiger partial charge in [0.2, 0.25) is 5.91 Å². The molecule has 0 fully saturated rings. The van der Waals surface area contributed by atoms with Crippen molar-refractivity contribution in [3.05, 3.63) is 107 Å². The van der Waals surface area contributed by atoms with Crippen molar-refractivity contribution in [1.82, 2.24) is 14.9 Å². The fourth-order valence-corrected chi connectivity index (χ4v) is 5.28. The molecule has 2 aromatic heterocycles. The molecule has 6 rings (SSSR count). The number of carbonyl (C=O) groups is 3. The Morgan fingerprint density at radius 2 is 1.58 bits per heavy atom. The molecule has 7 heteroatoms. The van der Waals surface area contributed by atoms with Gasteiger partial charge in [0.25, 0.3) is 11.8 Å². The average molecular weight is 475 g/mol. The number of nitrogens with zero attached hydrogens (tertiary/aromatic N) is 2. The Balaban J connectivity index is 1.52. The maximum atomic E-state index is 13.7. The van der Waals surface area contributed by atoms with E-state index in [-0.39, 0.29) is 17.5 Å². The smallest absolute Gasteiger partial charge is 0.271 e. The molecule has 1 atom stereocenters. The van der Waals surface area contributed by atoms with E-state index in [9.17, 15) is 14.4 Å². The highest BCUT2D eigenvalue weighted by Gasteiger charge is 2.50. The number of benzene rings is 3. The number of pyridine rings is 1. The number of fused-ring (bicyclic) bond motifs is 4. The Morgan fingerprint density at radius 1 is 0.889 bits per heavy atom. The van der Waals surface area contributed by atoms with Crippen molar-refractivity contribution < 1.29 is 14.4 Å². The first-order valence-electron chi connectivity index (χ1n) is 11.6. The number of nitrogens with one attached hydrogen (secondary N) is 2. The second kappa shape index (κ2) is 7.88. The molecule has 176 valence electrons. The molecule has 0 saturated heterocycles. The molecule has 1 aliphatic heterocycles. The topological polar surface area (TPSA) is 93.1 Å². The largest absolute Gasteiger partial charge is 0.329 e. The summed E-state index contributed by atoms with van der Waals surface area (Å²) < 4.78 is 1.59. The van der Waals surface area contributed by atoms with Crippen molar-refractivity contribution in [2.24, 2.45) is 0 Å². The van der Waals surface area contributed by atoms with Gasteiger partial charge in [-0.15, -0.1) is 0 Å². The molecule has 0 radical (unpaired) electrons. The van der Waals surface area contributed by atoms with Crippen LogP contribution in [0.3, 0.4) is 0 Å². The minimum atomic E-state index is -1.41. The van der Waals surface area contributed by atoms with Crippen LogP contribution < -0.4 is 10.6 Å². The minimum absolute atomic E-state index is 0.141. The quantitative estimate of drug-likeness (QED) is 0.393. The number of aryl methyl sites for hydroxylation is 1. The standard InChI is InChI=1S/C29H22N4O3/c1-17-9-3-5-11-21(17)29(22-12-6-7-13-23(22)31-28(29)36)32-27(35)24-15-20-19-10-4-8-14-25(19)33(18(2)34)26(20)16-30-24/h3-16H,1-2H3,(H,31,36)(H,32,35). The summed E-state index contributed by atoms with van der Waals surface area (Å²) in [5, 5.41) is 7.53. The van der Waals surface area contributed by atoms with Gasteiger partial charge in [0.15, 0.2) is 5.54 Å². The van der Waals surface area contributed by atoms with Gasteiger partial charge in [0, 0.05) is 28.9 Å². The maximum absolute atomic E-state index is 13.7. The van der Waals surface area contributed by atoms with E-state index in [4.69, 9.17) is 0 Å². The summed E-state index contributed by atoms with van der Waals surface area (Å²) in [5.74, 6) is -0.967. The SMILES string of the molecule is CC(=O)n1c2ccccc2c2cc(C(=O)NC3(c4ccccc4C)C(=O)Nc4ccccc43)ncc21. The second-order valence-electron chi connectivity index (χ2n) is 8.98. The van der Waals surface area contributed by atoms with E-state index in [0.29, 0.717) is 22.3 Å². The van der Waals surface area contributed by atoms with Crippen LogP contribution in [-0.2, 0) is 10.3 Å². The van der Waals surface area contributed by atoms with Gasteiger partial charge in [0.1, 0.15) is 5.69 Å². The lowest BCUT2D eigenvalue weighted by atomic mass is 9.81. The van der Waals surface area contributed by atoms with E-state index in [0.717, 1.165) is 21.9 Å². The minimum Gasteiger partial charge on any atom is -0.329 e. The van der Waals surface area contributed by atoms with Crippen LogP contribution in [0.25, 0.3) is 21.8 Å². The number of rotatable bonds is 3. The Labute approximate surface area is 206 Å². The van der Waals surface area contributed by atoms with Gasteiger partial charge in [0.05, 0.1) is 17.2 Å². The first kappa shape index (κ1) is 21.7. The van der Waals surface area contributed by atoms with Crippen molar-refractivity contribution >= 4 is 45.2 Å². The van der Waals surface area contributed by atoms with Crippen LogP contribution in [0, 0.1) is 6.92 Å². The van der Waals surface area contributed by atoms with Crippen molar-refractivity contribution in [3.8, 4) is 0 Å². The number of hydrogen-bond acceptors (Lipinski definition) is 4. The van der Waals surface area contributed by atoms with Crippen molar-refractivity contribution in [2.45, 2.75) is 19.4 Å². The van der Waals surface area contributed by atoms with E-state index in [1.54, 1.807) is 10.6 Å². The van der Waals surface area contributed by atoms with E-state index < -0.39 is 11.4 Å². The van der Waals surface area contributed by atoms with Crippen LogP contribution in [0.1, 0.15) is 38.9 Å². The number of anilines is 1. The lowest BCUT2D eigenvalue weighted by Crippen LogP contribution is -2.52. The predicted octanol–water partition coefficient (Wildman–Crippen LogP) is 4.78. The van der Waals surface area contributed by atoms with Crippen molar-refractivity contribution in [1.29, 1.82) is 0 Å². The number of para-hydroxylation sites is 2. The highest BCUT2D eigenvalue weighted by atomic mass is 16.2. The zero-order chi connectivity index (χ0) is 25.0. The fourth-order valence-electron chi connectivity index (χ4n) is 5.28. The van der Waals surface area contributed by atoms with Crippen LogP contribution in [0.4, 0.5) is 5.69 Å². The monoisotopic (exact) mass is 474 g/mol. The summed E-state index contributed by atoms with van der Waals surface area (Å²) in [6, 6.07) is 24.1. The van der Waals surface area contributed by atoms with E-state index in [1.165, 1.54) is 13.1 Å². The molecule has 3 aromatic carbocycles. The Bertz CT molecular complexity index is 1740. The van der Waals surface area contributed by atoms with Gasteiger partial charge in [-0.2, -0.15) is 0 Å². The number of carbonyl (C=O) groups excluding carboxylic acids is 3.